The molecule has 0 spiro atoms. The predicted octanol–water partition coefficient (Wildman–Crippen LogP) is 3.86. The van der Waals surface area contributed by atoms with Crippen molar-refractivity contribution in [2.45, 2.75) is 37.4 Å². The zero-order valence-electron chi connectivity index (χ0n) is 10.9. The van der Waals surface area contributed by atoms with E-state index in [1.54, 1.807) is 13.2 Å². The Hall–Kier alpha value is -1.03. The van der Waals surface area contributed by atoms with Gasteiger partial charge in [0.15, 0.2) is 0 Å². The van der Waals surface area contributed by atoms with Crippen molar-refractivity contribution in [2.75, 3.05) is 7.11 Å². The fraction of sp³-hybridized carbons (Fsp3) is 0.467. The van der Waals surface area contributed by atoms with Gasteiger partial charge in [0, 0.05) is 23.9 Å². The molecule has 0 saturated heterocycles. The highest BCUT2D eigenvalue weighted by Gasteiger charge is 2.38. The van der Waals surface area contributed by atoms with Crippen molar-refractivity contribution in [2.24, 2.45) is 0 Å². The molecule has 2 unspecified atom stereocenters. The van der Waals surface area contributed by atoms with Gasteiger partial charge in [-0.05, 0) is 43.5 Å². The molecule has 0 bridgehead atoms. The molecular weight excluding hydrogens is 264 g/mol. The number of fused-ring (bicyclic) bond motifs is 1. The maximum atomic E-state index is 10.8. The molecule has 19 heavy (non-hydrogen) atoms. The zero-order chi connectivity index (χ0) is 13.5. The van der Waals surface area contributed by atoms with Gasteiger partial charge in [-0.2, -0.15) is 0 Å². The quantitative estimate of drug-likeness (QED) is 0.908. The van der Waals surface area contributed by atoms with Crippen molar-refractivity contribution in [3.05, 3.63) is 35.0 Å². The molecule has 1 heterocycles. The molecule has 2 aromatic rings. The lowest BCUT2D eigenvalue weighted by molar-refractivity contribution is -0.0744. The van der Waals surface area contributed by atoms with Gasteiger partial charge < -0.3 is 14.3 Å². The Kier molecular flexibility index (Phi) is 3.29. The molecule has 1 N–H and O–H groups in total. The van der Waals surface area contributed by atoms with Crippen LogP contribution < -0.4 is 0 Å². The van der Waals surface area contributed by atoms with E-state index in [0.717, 1.165) is 23.8 Å². The van der Waals surface area contributed by atoms with E-state index in [9.17, 15) is 5.11 Å². The molecule has 0 amide bonds. The normalized spacial score (nSPS) is 27.8. The van der Waals surface area contributed by atoms with Gasteiger partial charge in [0.1, 0.15) is 16.9 Å². The first-order valence-electron chi connectivity index (χ1n) is 6.55. The lowest BCUT2D eigenvalue weighted by Gasteiger charge is -2.34. The standard InChI is InChI=1S/C15H17ClO3/c1-18-12-3-2-6-15(17,9-12)14-8-10-7-11(16)4-5-13(10)19-14/h4-5,7-8,12,17H,2-3,6,9H2,1H3. The number of methoxy groups -OCH3 is 1. The van der Waals surface area contributed by atoms with Gasteiger partial charge in [0.25, 0.3) is 0 Å². The minimum absolute atomic E-state index is 0.0931. The van der Waals surface area contributed by atoms with E-state index in [0.29, 0.717) is 23.6 Å². The molecule has 4 heteroatoms. The predicted molar refractivity (Wildman–Crippen MR) is 74.4 cm³/mol. The number of aliphatic hydroxyl groups is 1. The molecule has 1 aliphatic rings. The lowest BCUT2D eigenvalue weighted by Crippen LogP contribution is -2.35. The fourth-order valence-corrected chi connectivity index (χ4v) is 3.05. The average molecular weight is 281 g/mol. The van der Waals surface area contributed by atoms with Crippen molar-refractivity contribution in [1.82, 2.24) is 0 Å². The summed E-state index contributed by atoms with van der Waals surface area (Å²) in [6.45, 7) is 0. The Morgan fingerprint density at radius 1 is 1.42 bits per heavy atom. The van der Waals surface area contributed by atoms with Gasteiger partial charge in [-0.25, -0.2) is 0 Å². The summed E-state index contributed by atoms with van der Waals surface area (Å²) in [7, 11) is 1.69. The maximum absolute atomic E-state index is 10.8. The maximum Gasteiger partial charge on any atom is 0.136 e. The van der Waals surface area contributed by atoms with Crippen molar-refractivity contribution in [3.8, 4) is 0 Å². The van der Waals surface area contributed by atoms with Gasteiger partial charge in [-0.3, -0.25) is 0 Å². The molecule has 1 aliphatic carbocycles. The van der Waals surface area contributed by atoms with E-state index in [1.807, 2.05) is 18.2 Å². The summed E-state index contributed by atoms with van der Waals surface area (Å²) in [5.74, 6) is 0.617. The number of furan rings is 1. The molecule has 1 aromatic heterocycles. The number of ether oxygens (including phenoxy) is 1. The van der Waals surface area contributed by atoms with Crippen LogP contribution in [0.25, 0.3) is 11.0 Å². The van der Waals surface area contributed by atoms with Gasteiger partial charge in [0.2, 0.25) is 0 Å². The smallest absolute Gasteiger partial charge is 0.136 e. The lowest BCUT2D eigenvalue weighted by atomic mass is 9.81. The highest BCUT2D eigenvalue weighted by molar-refractivity contribution is 6.31. The highest BCUT2D eigenvalue weighted by atomic mass is 35.5. The first-order chi connectivity index (χ1) is 9.10. The summed E-state index contributed by atoms with van der Waals surface area (Å²) in [4.78, 5) is 0. The van der Waals surface area contributed by atoms with Gasteiger partial charge in [0.05, 0.1) is 6.10 Å². The molecular formula is C15H17ClO3. The Bertz CT molecular complexity index is 592. The van der Waals surface area contributed by atoms with Crippen LogP contribution in [0, 0.1) is 0 Å². The third-order valence-electron chi connectivity index (χ3n) is 3.95. The van der Waals surface area contributed by atoms with Crippen LogP contribution >= 0.6 is 11.6 Å². The molecule has 2 atom stereocenters. The Morgan fingerprint density at radius 2 is 2.26 bits per heavy atom. The Labute approximate surface area is 117 Å². The highest BCUT2D eigenvalue weighted by Crippen LogP contribution is 2.40. The number of hydrogen-bond acceptors (Lipinski definition) is 3. The number of hydrogen-bond donors (Lipinski definition) is 1. The van der Waals surface area contributed by atoms with E-state index in [-0.39, 0.29) is 6.10 Å². The third-order valence-corrected chi connectivity index (χ3v) is 4.19. The minimum atomic E-state index is -0.926. The van der Waals surface area contributed by atoms with E-state index in [2.05, 4.69) is 0 Å². The van der Waals surface area contributed by atoms with Crippen molar-refractivity contribution >= 4 is 22.6 Å². The van der Waals surface area contributed by atoms with Crippen LogP contribution in [-0.2, 0) is 10.3 Å². The van der Waals surface area contributed by atoms with Crippen LogP contribution in [0.2, 0.25) is 5.02 Å². The van der Waals surface area contributed by atoms with Crippen LogP contribution in [0.5, 0.6) is 0 Å². The topological polar surface area (TPSA) is 42.6 Å². The number of halogens is 1. The SMILES string of the molecule is COC1CCCC(O)(c2cc3cc(Cl)ccc3o2)C1. The minimum Gasteiger partial charge on any atom is -0.458 e. The van der Waals surface area contributed by atoms with Crippen molar-refractivity contribution in [1.29, 1.82) is 0 Å². The second-order valence-electron chi connectivity index (χ2n) is 5.28. The first-order valence-corrected chi connectivity index (χ1v) is 6.93. The summed E-state index contributed by atoms with van der Waals surface area (Å²) >= 11 is 5.97. The molecule has 3 nitrogen and oxygen atoms in total. The van der Waals surface area contributed by atoms with Gasteiger partial charge in [-0.15, -0.1) is 0 Å². The van der Waals surface area contributed by atoms with Crippen LogP contribution in [0.4, 0.5) is 0 Å². The van der Waals surface area contributed by atoms with E-state index in [1.165, 1.54) is 0 Å². The molecule has 0 radical (unpaired) electrons. The summed E-state index contributed by atoms with van der Waals surface area (Å²) in [6.07, 6.45) is 3.31. The summed E-state index contributed by atoms with van der Waals surface area (Å²) in [5.41, 5.74) is -0.169. The summed E-state index contributed by atoms with van der Waals surface area (Å²) in [6, 6.07) is 7.37. The van der Waals surface area contributed by atoms with Crippen LogP contribution in [0.15, 0.2) is 28.7 Å². The number of benzene rings is 1. The first kappa shape index (κ1) is 13.0. The van der Waals surface area contributed by atoms with Crippen molar-refractivity contribution < 1.29 is 14.3 Å². The second-order valence-corrected chi connectivity index (χ2v) is 5.71. The molecule has 102 valence electrons. The zero-order valence-corrected chi connectivity index (χ0v) is 11.6. The average Bonchev–Trinajstić information content (AvgIpc) is 2.82. The van der Waals surface area contributed by atoms with E-state index < -0.39 is 5.60 Å². The van der Waals surface area contributed by atoms with Crippen LogP contribution in [0.3, 0.4) is 0 Å². The number of rotatable bonds is 2. The van der Waals surface area contributed by atoms with E-state index >= 15 is 0 Å². The molecule has 1 aromatic carbocycles. The van der Waals surface area contributed by atoms with Crippen LogP contribution in [0.1, 0.15) is 31.4 Å². The fourth-order valence-electron chi connectivity index (χ4n) is 2.87. The largest absolute Gasteiger partial charge is 0.458 e. The Balaban J connectivity index is 1.98. The summed E-state index contributed by atoms with van der Waals surface area (Å²) in [5, 5.41) is 12.4. The molecule has 1 saturated carbocycles. The second kappa shape index (κ2) is 4.82. The third kappa shape index (κ3) is 2.38. The van der Waals surface area contributed by atoms with Crippen molar-refractivity contribution in [3.63, 3.8) is 0 Å². The summed E-state index contributed by atoms with van der Waals surface area (Å²) < 4.78 is 11.2. The van der Waals surface area contributed by atoms with Gasteiger partial charge >= 0.3 is 0 Å². The van der Waals surface area contributed by atoms with E-state index in [4.69, 9.17) is 20.8 Å². The van der Waals surface area contributed by atoms with Crippen LogP contribution in [-0.4, -0.2) is 18.3 Å². The Morgan fingerprint density at radius 3 is 3.05 bits per heavy atom. The molecule has 1 fully saturated rings. The van der Waals surface area contributed by atoms with Gasteiger partial charge in [-0.1, -0.05) is 11.6 Å². The monoisotopic (exact) mass is 280 g/mol. The molecule has 3 rings (SSSR count). The molecule has 0 aliphatic heterocycles.